The Morgan fingerprint density at radius 3 is 2.92 bits per heavy atom. The highest BCUT2D eigenvalue weighted by molar-refractivity contribution is 5.87. The van der Waals surface area contributed by atoms with Gasteiger partial charge < -0.3 is 9.30 Å². The Morgan fingerprint density at radius 1 is 1.27 bits per heavy atom. The van der Waals surface area contributed by atoms with Crippen LogP contribution in [0.25, 0.3) is 27.8 Å². The highest BCUT2D eigenvalue weighted by atomic mass is 16.5. The lowest BCUT2D eigenvalue weighted by Gasteiger charge is -2.26. The van der Waals surface area contributed by atoms with Crippen molar-refractivity contribution >= 4 is 16.7 Å². The van der Waals surface area contributed by atoms with Crippen LogP contribution in [0.1, 0.15) is 25.1 Å². The van der Waals surface area contributed by atoms with Crippen LogP contribution in [-0.2, 0) is 6.54 Å². The number of nitrogens with zero attached hydrogens (tertiary/aromatic N) is 6. The SMILES string of the molecule is COc1ncnn2ccc(-c3cnc4nc(C)n(CC5CCC5)c4c3)c12. The van der Waals surface area contributed by atoms with Gasteiger partial charge in [0, 0.05) is 30.1 Å². The van der Waals surface area contributed by atoms with Crippen molar-refractivity contribution in [3.05, 3.63) is 36.7 Å². The second-order valence-electron chi connectivity index (χ2n) is 6.93. The number of imidazole rings is 1. The molecule has 0 aliphatic heterocycles. The van der Waals surface area contributed by atoms with Crippen molar-refractivity contribution in [2.75, 3.05) is 7.11 Å². The molecule has 0 radical (unpaired) electrons. The molecule has 5 rings (SSSR count). The molecule has 0 bridgehead atoms. The lowest BCUT2D eigenvalue weighted by molar-refractivity contribution is 0.277. The lowest BCUT2D eigenvalue weighted by atomic mass is 9.85. The van der Waals surface area contributed by atoms with E-state index in [4.69, 9.17) is 4.74 Å². The third kappa shape index (κ3) is 2.27. The Labute approximate surface area is 150 Å². The first-order valence-electron chi connectivity index (χ1n) is 8.94. The molecule has 1 fully saturated rings. The largest absolute Gasteiger partial charge is 0.479 e. The highest BCUT2D eigenvalue weighted by Gasteiger charge is 2.21. The number of hydrogen-bond donors (Lipinski definition) is 0. The predicted molar refractivity (Wildman–Crippen MR) is 98.1 cm³/mol. The van der Waals surface area contributed by atoms with E-state index in [0.29, 0.717) is 5.88 Å². The lowest BCUT2D eigenvalue weighted by Crippen LogP contribution is -2.18. The van der Waals surface area contributed by atoms with E-state index in [9.17, 15) is 0 Å². The molecule has 4 aromatic rings. The normalized spacial score (nSPS) is 14.8. The van der Waals surface area contributed by atoms with E-state index in [0.717, 1.165) is 46.1 Å². The van der Waals surface area contributed by atoms with Crippen molar-refractivity contribution in [1.82, 2.24) is 29.1 Å². The zero-order chi connectivity index (χ0) is 17.7. The first-order valence-corrected chi connectivity index (χ1v) is 8.94. The number of fused-ring (bicyclic) bond motifs is 2. The molecule has 4 aromatic heterocycles. The maximum Gasteiger partial charge on any atom is 0.241 e. The van der Waals surface area contributed by atoms with Gasteiger partial charge in [-0.25, -0.2) is 14.5 Å². The first-order chi connectivity index (χ1) is 12.7. The average Bonchev–Trinajstić information content (AvgIpc) is 3.18. The molecule has 0 aromatic carbocycles. The number of ether oxygens (including phenoxy) is 1. The molecule has 7 nitrogen and oxygen atoms in total. The summed E-state index contributed by atoms with van der Waals surface area (Å²) in [6.07, 6.45) is 9.24. The van der Waals surface area contributed by atoms with Crippen molar-refractivity contribution in [2.24, 2.45) is 5.92 Å². The van der Waals surface area contributed by atoms with E-state index in [1.54, 1.807) is 11.6 Å². The number of pyridine rings is 1. The van der Waals surface area contributed by atoms with Gasteiger partial charge in [-0.05, 0) is 37.8 Å². The maximum absolute atomic E-state index is 5.43. The summed E-state index contributed by atoms with van der Waals surface area (Å²) in [7, 11) is 1.62. The number of methoxy groups -OCH3 is 1. The molecule has 0 amide bonds. The highest BCUT2D eigenvalue weighted by Crippen LogP contribution is 2.33. The van der Waals surface area contributed by atoms with Gasteiger partial charge in [-0.3, -0.25) is 0 Å². The number of rotatable bonds is 4. The third-order valence-electron chi connectivity index (χ3n) is 5.39. The topological polar surface area (TPSA) is 70.1 Å². The summed E-state index contributed by atoms with van der Waals surface area (Å²) in [6.45, 7) is 3.08. The summed E-state index contributed by atoms with van der Waals surface area (Å²) >= 11 is 0. The monoisotopic (exact) mass is 348 g/mol. The Hall–Kier alpha value is -2.96. The minimum atomic E-state index is 0.555. The van der Waals surface area contributed by atoms with Crippen LogP contribution in [0.3, 0.4) is 0 Å². The van der Waals surface area contributed by atoms with Crippen molar-refractivity contribution in [3.63, 3.8) is 0 Å². The molecule has 0 atom stereocenters. The van der Waals surface area contributed by atoms with Crippen LogP contribution in [0.5, 0.6) is 5.88 Å². The fourth-order valence-corrected chi connectivity index (χ4v) is 3.74. The zero-order valence-corrected chi connectivity index (χ0v) is 14.9. The van der Waals surface area contributed by atoms with Gasteiger partial charge in [0.1, 0.15) is 17.7 Å². The van der Waals surface area contributed by atoms with Gasteiger partial charge in [0.25, 0.3) is 0 Å². The number of aromatic nitrogens is 6. The minimum Gasteiger partial charge on any atom is -0.479 e. The Morgan fingerprint density at radius 2 is 2.15 bits per heavy atom. The van der Waals surface area contributed by atoms with Gasteiger partial charge >= 0.3 is 0 Å². The third-order valence-corrected chi connectivity index (χ3v) is 5.39. The molecule has 4 heterocycles. The molecule has 1 aliphatic rings. The predicted octanol–water partition coefficient (Wildman–Crippen LogP) is 3.26. The van der Waals surface area contributed by atoms with Gasteiger partial charge in [-0.2, -0.15) is 10.1 Å². The zero-order valence-electron chi connectivity index (χ0n) is 14.9. The molecule has 0 saturated heterocycles. The van der Waals surface area contributed by atoms with Crippen LogP contribution < -0.4 is 4.74 Å². The summed E-state index contributed by atoms with van der Waals surface area (Å²) in [4.78, 5) is 13.5. The van der Waals surface area contributed by atoms with E-state index in [-0.39, 0.29) is 0 Å². The Balaban J connectivity index is 1.67. The quantitative estimate of drug-likeness (QED) is 0.566. The summed E-state index contributed by atoms with van der Waals surface area (Å²) in [5.74, 6) is 2.34. The van der Waals surface area contributed by atoms with Gasteiger partial charge in [-0.15, -0.1) is 0 Å². The smallest absolute Gasteiger partial charge is 0.241 e. The number of aryl methyl sites for hydroxylation is 1. The fourth-order valence-electron chi connectivity index (χ4n) is 3.74. The molecule has 26 heavy (non-hydrogen) atoms. The fraction of sp³-hybridized carbons (Fsp3) is 0.368. The van der Waals surface area contributed by atoms with Gasteiger partial charge in [0.05, 0.1) is 12.6 Å². The van der Waals surface area contributed by atoms with Crippen LogP contribution in [0, 0.1) is 12.8 Å². The van der Waals surface area contributed by atoms with E-state index < -0.39 is 0 Å². The van der Waals surface area contributed by atoms with Gasteiger partial charge in [0.2, 0.25) is 5.88 Å². The van der Waals surface area contributed by atoms with Crippen molar-refractivity contribution < 1.29 is 4.74 Å². The van der Waals surface area contributed by atoms with Gasteiger partial charge in [-0.1, -0.05) is 6.42 Å². The van der Waals surface area contributed by atoms with Crippen molar-refractivity contribution in [2.45, 2.75) is 32.7 Å². The molecule has 1 saturated carbocycles. The molecule has 7 heteroatoms. The molecule has 0 unspecified atom stereocenters. The van der Waals surface area contributed by atoms with E-state index in [1.807, 2.05) is 18.5 Å². The molecule has 132 valence electrons. The second kappa shape index (κ2) is 5.79. The summed E-state index contributed by atoms with van der Waals surface area (Å²) in [6, 6.07) is 4.19. The Kier molecular flexibility index (Phi) is 3.41. The van der Waals surface area contributed by atoms with Gasteiger partial charge in [0.15, 0.2) is 5.65 Å². The molecule has 1 aliphatic carbocycles. The van der Waals surface area contributed by atoms with E-state index >= 15 is 0 Å². The first kappa shape index (κ1) is 15.3. The maximum atomic E-state index is 5.43. The van der Waals surface area contributed by atoms with Crippen molar-refractivity contribution in [1.29, 1.82) is 0 Å². The molecular weight excluding hydrogens is 328 g/mol. The summed E-state index contributed by atoms with van der Waals surface area (Å²) in [5, 5.41) is 4.27. The molecular formula is C19H20N6O. The van der Waals surface area contributed by atoms with E-state index in [1.165, 1.54) is 25.6 Å². The summed E-state index contributed by atoms with van der Waals surface area (Å²) in [5.41, 5.74) is 4.76. The average molecular weight is 348 g/mol. The van der Waals surface area contributed by atoms with Crippen LogP contribution in [0.4, 0.5) is 0 Å². The molecule has 0 spiro atoms. The molecule has 0 N–H and O–H groups in total. The standard InChI is InChI=1S/C19H20N6O/c1-12-23-18-16(24(12)10-13-4-3-5-13)8-14(9-20-18)15-6-7-25-17(15)19(26-2)21-11-22-25/h6-9,11,13H,3-5,10H2,1-2H3. The van der Waals surface area contributed by atoms with E-state index in [2.05, 4.69) is 37.6 Å². The van der Waals surface area contributed by atoms with Crippen LogP contribution in [0.15, 0.2) is 30.9 Å². The Bertz CT molecular complexity index is 1110. The summed E-state index contributed by atoms with van der Waals surface area (Å²) < 4.78 is 9.52. The van der Waals surface area contributed by atoms with Crippen LogP contribution in [0.2, 0.25) is 0 Å². The van der Waals surface area contributed by atoms with Crippen molar-refractivity contribution in [3.8, 4) is 17.0 Å². The number of hydrogen-bond acceptors (Lipinski definition) is 5. The second-order valence-corrected chi connectivity index (χ2v) is 6.93. The minimum absolute atomic E-state index is 0.555. The van der Waals surface area contributed by atoms with Crippen LogP contribution in [-0.4, -0.2) is 36.2 Å². The van der Waals surface area contributed by atoms with Crippen LogP contribution >= 0.6 is 0 Å².